The van der Waals surface area contributed by atoms with Crippen LogP contribution in [0.2, 0.25) is 0 Å². The molecule has 1 aliphatic rings. The third kappa shape index (κ3) is 3.48. The van der Waals surface area contributed by atoms with Gasteiger partial charge in [0.15, 0.2) is 0 Å². The Kier molecular flexibility index (Phi) is 4.50. The van der Waals surface area contributed by atoms with Crippen molar-refractivity contribution < 1.29 is 13.9 Å². The number of ether oxygens (including phenoxy) is 1. The molecule has 1 aromatic carbocycles. The molecule has 0 fully saturated rings. The zero-order chi connectivity index (χ0) is 18.8. The molecule has 4 rings (SSSR count). The molecular weight excluding hydrogens is 344 g/mol. The van der Waals surface area contributed by atoms with E-state index in [1.54, 1.807) is 17.8 Å². The number of imidazole rings is 1. The Labute approximate surface area is 156 Å². The van der Waals surface area contributed by atoms with Crippen LogP contribution >= 0.6 is 0 Å². The average Bonchev–Trinajstić information content (AvgIpc) is 3.24. The Balaban J connectivity index is 1.48. The number of allylic oxidation sites excluding steroid dienone is 3. The summed E-state index contributed by atoms with van der Waals surface area (Å²) in [5, 5.41) is 7.42. The maximum absolute atomic E-state index is 12.3. The first-order chi connectivity index (χ1) is 13.1. The number of nitrogens with one attached hydrogen (secondary N) is 1. The average molecular weight is 364 g/mol. The topological polar surface area (TPSA) is 81.7 Å². The first kappa shape index (κ1) is 17.1. The van der Waals surface area contributed by atoms with Crippen molar-refractivity contribution in [1.29, 1.82) is 0 Å². The molecule has 3 aromatic rings. The summed E-state index contributed by atoms with van der Waals surface area (Å²) < 4.78 is 13.0. The van der Waals surface area contributed by atoms with Gasteiger partial charge in [0, 0.05) is 5.70 Å². The number of amides is 1. The van der Waals surface area contributed by atoms with Crippen LogP contribution in [0.25, 0.3) is 5.71 Å². The molecule has 0 radical (unpaired) electrons. The maximum Gasteiger partial charge on any atom is 0.242 e. The fourth-order valence-electron chi connectivity index (χ4n) is 3.15. The van der Waals surface area contributed by atoms with Gasteiger partial charge in [-0.25, -0.2) is 4.98 Å². The SMILES string of the molecule is COC1=CC(NC(=O)Cc2ccccc2)=CCC1c1nn2c(C)ncc2o1. The lowest BCUT2D eigenvalue weighted by Gasteiger charge is -2.20. The van der Waals surface area contributed by atoms with E-state index in [2.05, 4.69) is 15.4 Å². The number of methoxy groups -OCH3 is 1. The van der Waals surface area contributed by atoms with Crippen LogP contribution in [0, 0.1) is 6.92 Å². The number of aryl methyl sites for hydroxylation is 1. The molecule has 27 heavy (non-hydrogen) atoms. The highest BCUT2D eigenvalue weighted by Gasteiger charge is 2.27. The number of nitrogens with zero attached hydrogens (tertiary/aromatic N) is 3. The Morgan fingerprint density at radius 1 is 1.37 bits per heavy atom. The lowest BCUT2D eigenvalue weighted by atomic mass is 9.96. The molecule has 138 valence electrons. The van der Waals surface area contributed by atoms with E-state index in [-0.39, 0.29) is 11.8 Å². The number of hydrogen-bond donors (Lipinski definition) is 1. The minimum atomic E-state index is -0.135. The monoisotopic (exact) mass is 364 g/mol. The van der Waals surface area contributed by atoms with E-state index in [1.165, 1.54) is 0 Å². The van der Waals surface area contributed by atoms with Gasteiger partial charge in [0.2, 0.25) is 17.5 Å². The fourth-order valence-corrected chi connectivity index (χ4v) is 3.15. The molecule has 7 nitrogen and oxygen atoms in total. The van der Waals surface area contributed by atoms with Crippen molar-refractivity contribution >= 4 is 11.6 Å². The summed E-state index contributed by atoms with van der Waals surface area (Å²) in [6.07, 6.45) is 6.38. The largest absolute Gasteiger partial charge is 0.500 e. The van der Waals surface area contributed by atoms with Crippen LogP contribution in [0.4, 0.5) is 0 Å². The molecule has 1 atom stereocenters. The van der Waals surface area contributed by atoms with Gasteiger partial charge in [0.05, 0.1) is 25.6 Å². The van der Waals surface area contributed by atoms with Crippen molar-refractivity contribution in [3.63, 3.8) is 0 Å². The highest BCUT2D eigenvalue weighted by atomic mass is 16.5. The van der Waals surface area contributed by atoms with Crippen LogP contribution in [0.1, 0.15) is 29.6 Å². The van der Waals surface area contributed by atoms with Gasteiger partial charge in [-0.05, 0) is 25.0 Å². The van der Waals surface area contributed by atoms with Gasteiger partial charge in [-0.3, -0.25) is 4.79 Å². The molecule has 0 aliphatic heterocycles. The van der Waals surface area contributed by atoms with Crippen LogP contribution < -0.4 is 5.32 Å². The molecule has 2 heterocycles. The number of rotatable bonds is 5. The van der Waals surface area contributed by atoms with E-state index in [0.717, 1.165) is 17.1 Å². The first-order valence-electron chi connectivity index (χ1n) is 8.74. The van der Waals surface area contributed by atoms with Crippen molar-refractivity contribution in [1.82, 2.24) is 19.9 Å². The van der Waals surface area contributed by atoms with E-state index in [1.807, 2.05) is 49.4 Å². The third-order valence-electron chi connectivity index (χ3n) is 4.52. The summed E-state index contributed by atoms with van der Waals surface area (Å²) in [5.41, 5.74) is 2.30. The Morgan fingerprint density at radius 3 is 2.93 bits per heavy atom. The van der Waals surface area contributed by atoms with E-state index >= 15 is 0 Å². The van der Waals surface area contributed by atoms with Crippen LogP contribution in [0.3, 0.4) is 0 Å². The summed E-state index contributed by atoms with van der Waals surface area (Å²) in [7, 11) is 1.61. The molecule has 1 N–H and O–H groups in total. The van der Waals surface area contributed by atoms with Crippen molar-refractivity contribution in [3.8, 4) is 0 Å². The zero-order valence-electron chi connectivity index (χ0n) is 15.2. The summed E-state index contributed by atoms with van der Waals surface area (Å²) in [6.45, 7) is 1.87. The van der Waals surface area contributed by atoms with E-state index in [9.17, 15) is 4.79 Å². The highest BCUT2D eigenvalue weighted by Crippen LogP contribution is 2.33. The van der Waals surface area contributed by atoms with Gasteiger partial charge in [-0.2, -0.15) is 4.52 Å². The quantitative estimate of drug-likeness (QED) is 0.753. The minimum absolute atomic E-state index is 0.0651. The Morgan fingerprint density at radius 2 is 2.19 bits per heavy atom. The molecule has 0 bridgehead atoms. The third-order valence-corrected chi connectivity index (χ3v) is 4.52. The van der Waals surface area contributed by atoms with Gasteiger partial charge in [0.1, 0.15) is 11.6 Å². The number of benzene rings is 1. The van der Waals surface area contributed by atoms with Gasteiger partial charge in [-0.1, -0.05) is 36.4 Å². The summed E-state index contributed by atoms with van der Waals surface area (Å²) in [4.78, 5) is 16.4. The smallest absolute Gasteiger partial charge is 0.242 e. The lowest BCUT2D eigenvalue weighted by molar-refractivity contribution is -0.119. The second-order valence-electron chi connectivity index (χ2n) is 6.40. The van der Waals surface area contributed by atoms with Crippen LogP contribution in [-0.4, -0.2) is 27.6 Å². The van der Waals surface area contributed by atoms with Gasteiger partial charge in [0.25, 0.3) is 0 Å². The van der Waals surface area contributed by atoms with Crippen molar-refractivity contribution in [3.05, 3.63) is 77.4 Å². The summed E-state index contributed by atoms with van der Waals surface area (Å²) in [5.74, 6) is 1.83. The van der Waals surface area contributed by atoms with Crippen molar-refractivity contribution in [2.24, 2.45) is 0 Å². The molecule has 2 aromatic heterocycles. The molecule has 1 unspecified atom stereocenters. The van der Waals surface area contributed by atoms with Crippen molar-refractivity contribution in [2.75, 3.05) is 7.11 Å². The molecular formula is C20H20N4O3. The van der Waals surface area contributed by atoms with E-state index < -0.39 is 0 Å². The summed E-state index contributed by atoms with van der Waals surface area (Å²) in [6, 6.07) is 9.64. The van der Waals surface area contributed by atoms with Gasteiger partial charge < -0.3 is 14.5 Å². The first-order valence-corrected chi connectivity index (χ1v) is 8.74. The lowest BCUT2D eigenvalue weighted by Crippen LogP contribution is -2.25. The zero-order valence-corrected chi connectivity index (χ0v) is 15.2. The molecule has 0 saturated carbocycles. The molecule has 0 spiro atoms. The molecule has 0 saturated heterocycles. The van der Waals surface area contributed by atoms with Gasteiger partial charge in [-0.15, -0.1) is 5.10 Å². The predicted molar refractivity (Wildman–Crippen MR) is 98.8 cm³/mol. The van der Waals surface area contributed by atoms with Gasteiger partial charge >= 0.3 is 0 Å². The fraction of sp³-hybridized carbons (Fsp3) is 0.250. The molecule has 1 aliphatic carbocycles. The standard InChI is InChI=1S/C20H20N4O3/c1-13-21-12-19-24(13)23-20(27-19)16-9-8-15(11-17(16)26-2)22-18(25)10-14-6-4-3-5-7-14/h3-8,11-12,16H,9-10H2,1-2H3,(H,22,25). The second-order valence-corrected chi connectivity index (χ2v) is 6.40. The van der Waals surface area contributed by atoms with E-state index in [4.69, 9.17) is 9.15 Å². The molecule has 1 amide bonds. The molecule has 7 heteroatoms. The van der Waals surface area contributed by atoms with Crippen LogP contribution in [-0.2, 0) is 16.0 Å². The predicted octanol–water partition coefficient (Wildman–Crippen LogP) is 2.89. The van der Waals surface area contributed by atoms with Crippen molar-refractivity contribution in [2.45, 2.75) is 25.7 Å². The normalized spacial score (nSPS) is 16.7. The minimum Gasteiger partial charge on any atom is -0.500 e. The van der Waals surface area contributed by atoms with Crippen LogP contribution in [0.15, 0.2) is 64.6 Å². The number of fused-ring (bicyclic) bond motifs is 1. The Hall–Kier alpha value is -3.35. The highest BCUT2D eigenvalue weighted by molar-refractivity contribution is 5.80. The second kappa shape index (κ2) is 7.11. The van der Waals surface area contributed by atoms with E-state index in [0.29, 0.717) is 30.2 Å². The number of carbonyl (C=O) groups excluding carboxylic acids is 1. The maximum atomic E-state index is 12.3. The number of carbonyl (C=O) groups is 1. The summed E-state index contributed by atoms with van der Waals surface area (Å²) >= 11 is 0. The number of aromatic nitrogens is 3. The van der Waals surface area contributed by atoms with Crippen LogP contribution in [0.5, 0.6) is 0 Å². The Bertz CT molecular complexity index is 1030. The number of hydrogen-bond acceptors (Lipinski definition) is 5.